The van der Waals surface area contributed by atoms with E-state index in [9.17, 15) is 18.9 Å². The molecule has 3 aromatic rings. The third-order valence-electron chi connectivity index (χ3n) is 3.07. The van der Waals surface area contributed by atoms with Crippen LogP contribution in [0.25, 0.3) is 20.8 Å². The average Bonchev–Trinajstić information content (AvgIpc) is 2.81. The van der Waals surface area contributed by atoms with Gasteiger partial charge in [0, 0.05) is 23.3 Å². The van der Waals surface area contributed by atoms with Crippen LogP contribution in [0.1, 0.15) is 5.56 Å². The minimum atomic E-state index is -0.945. The highest BCUT2D eigenvalue weighted by Crippen LogP contribution is 2.33. The van der Waals surface area contributed by atoms with Crippen LogP contribution in [0.3, 0.4) is 0 Å². The number of aromatic nitrogens is 1. The smallest absolute Gasteiger partial charge is 0.258 e. The van der Waals surface area contributed by atoms with Gasteiger partial charge in [-0.3, -0.25) is 10.1 Å². The maximum Gasteiger partial charge on any atom is 0.272 e. The molecular formula is C14H8F2N2O2S. The zero-order chi connectivity index (χ0) is 15.1. The summed E-state index contributed by atoms with van der Waals surface area (Å²) in [6.07, 6.45) is 0. The van der Waals surface area contributed by atoms with Crippen LogP contribution >= 0.6 is 11.3 Å². The number of aryl methyl sites for hydroxylation is 1. The van der Waals surface area contributed by atoms with E-state index in [4.69, 9.17) is 0 Å². The molecule has 0 N–H and O–H groups in total. The lowest BCUT2D eigenvalue weighted by atomic mass is 10.1. The molecule has 0 atom stereocenters. The molecule has 4 nitrogen and oxygen atoms in total. The van der Waals surface area contributed by atoms with E-state index >= 15 is 0 Å². The summed E-state index contributed by atoms with van der Waals surface area (Å²) in [7, 11) is 0. The Morgan fingerprint density at radius 1 is 1.19 bits per heavy atom. The van der Waals surface area contributed by atoms with Gasteiger partial charge in [0.1, 0.15) is 5.01 Å². The number of hydrogen-bond acceptors (Lipinski definition) is 4. The number of nitro groups is 1. The Balaban J connectivity index is 2.12. The Morgan fingerprint density at radius 2 is 1.90 bits per heavy atom. The van der Waals surface area contributed by atoms with Gasteiger partial charge in [0.2, 0.25) is 0 Å². The SMILES string of the molecule is Cc1cc(-c2nc3cc(F)c(F)cc3s2)ccc1[N+](=O)[O-]. The predicted octanol–water partition coefficient (Wildman–Crippen LogP) is 4.46. The lowest BCUT2D eigenvalue weighted by molar-refractivity contribution is -0.385. The summed E-state index contributed by atoms with van der Waals surface area (Å²) in [4.78, 5) is 14.6. The summed E-state index contributed by atoms with van der Waals surface area (Å²) >= 11 is 1.21. The van der Waals surface area contributed by atoms with Crippen molar-refractivity contribution in [3.05, 3.63) is 57.6 Å². The van der Waals surface area contributed by atoms with Crippen LogP contribution in [-0.4, -0.2) is 9.91 Å². The largest absolute Gasteiger partial charge is 0.272 e. The quantitative estimate of drug-likeness (QED) is 0.519. The Bertz CT molecular complexity index is 838. The predicted molar refractivity (Wildman–Crippen MR) is 76.4 cm³/mol. The number of fused-ring (bicyclic) bond motifs is 1. The molecule has 0 aliphatic carbocycles. The van der Waals surface area contributed by atoms with E-state index < -0.39 is 16.6 Å². The monoisotopic (exact) mass is 306 g/mol. The van der Waals surface area contributed by atoms with E-state index in [1.807, 2.05) is 0 Å². The Labute approximate surface area is 121 Å². The zero-order valence-electron chi connectivity index (χ0n) is 10.8. The molecule has 1 heterocycles. The van der Waals surface area contributed by atoms with Gasteiger partial charge < -0.3 is 0 Å². The lowest BCUT2D eigenvalue weighted by Crippen LogP contribution is -1.91. The van der Waals surface area contributed by atoms with Crippen molar-refractivity contribution in [3.63, 3.8) is 0 Å². The number of nitro benzene ring substituents is 1. The van der Waals surface area contributed by atoms with Gasteiger partial charge in [-0.25, -0.2) is 13.8 Å². The molecule has 7 heteroatoms. The Hall–Kier alpha value is -2.41. The molecule has 21 heavy (non-hydrogen) atoms. The lowest BCUT2D eigenvalue weighted by Gasteiger charge is -1.99. The summed E-state index contributed by atoms with van der Waals surface area (Å²) in [5, 5.41) is 11.4. The first-order chi connectivity index (χ1) is 9.95. The summed E-state index contributed by atoms with van der Waals surface area (Å²) < 4.78 is 26.9. The molecule has 0 spiro atoms. The fourth-order valence-corrected chi connectivity index (χ4v) is 3.01. The molecule has 0 bridgehead atoms. The fraction of sp³-hybridized carbons (Fsp3) is 0.0714. The van der Waals surface area contributed by atoms with Crippen molar-refractivity contribution in [1.82, 2.24) is 4.98 Å². The molecule has 0 radical (unpaired) electrons. The van der Waals surface area contributed by atoms with Crippen LogP contribution in [0.15, 0.2) is 30.3 Å². The number of nitrogens with zero attached hydrogens (tertiary/aromatic N) is 2. The van der Waals surface area contributed by atoms with Gasteiger partial charge in [0.25, 0.3) is 5.69 Å². The molecule has 0 aliphatic heterocycles. The molecule has 0 amide bonds. The maximum atomic E-state index is 13.2. The molecule has 106 valence electrons. The van der Waals surface area contributed by atoms with E-state index in [1.165, 1.54) is 17.4 Å². The second-order valence-corrected chi connectivity index (χ2v) is 5.54. The van der Waals surface area contributed by atoms with Gasteiger partial charge in [-0.05, 0) is 25.1 Å². The van der Waals surface area contributed by atoms with E-state index in [1.54, 1.807) is 19.1 Å². The Morgan fingerprint density at radius 3 is 2.57 bits per heavy atom. The van der Waals surface area contributed by atoms with Crippen LogP contribution in [0.2, 0.25) is 0 Å². The molecule has 0 saturated carbocycles. The molecule has 0 saturated heterocycles. The standard InChI is InChI=1S/C14H8F2N2O2S/c1-7-4-8(2-3-12(7)18(19)20)14-17-11-5-9(15)10(16)6-13(11)21-14/h2-6H,1H3. The van der Waals surface area contributed by atoms with E-state index in [-0.39, 0.29) is 5.69 Å². The molecule has 3 rings (SSSR count). The number of thiazole rings is 1. The van der Waals surface area contributed by atoms with Crippen molar-refractivity contribution in [2.45, 2.75) is 6.92 Å². The van der Waals surface area contributed by atoms with Gasteiger partial charge >= 0.3 is 0 Å². The van der Waals surface area contributed by atoms with Crippen LogP contribution in [-0.2, 0) is 0 Å². The van der Waals surface area contributed by atoms with Gasteiger partial charge in [-0.2, -0.15) is 0 Å². The number of benzene rings is 2. The first-order valence-electron chi connectivity index (χ1n) is 5.96. The van der Waals surface area contributed by atoms with E-state index in [0.717, 1.165) is 12.1 Å². The minimum absolute atomic E-state index is 0.0250. The van der Waals surface area contributed by atoms with Crippen molar-refractivity contribution < 1.29 is 13.7 Å². The Kier molecular flexibility index (Phi) is 3.13. The molecule has 2 aromatic carbocycles. The van der Waals surface area contributed by atoms with Gasteiger partial charge in [0.15, 0.2) is 11.6 Å². The van der Waals surface area contributed by atoms with Gasteiger partial charge in [-0.15, -0.1) is 11.3 Å². The van der Waals surface area contributed by atoms with Crippen LogP contribution in [0.5, 0.6) is 0 Å². The van der Waals surface area contributed by atoms with Crippen LogP contribution in [0.4, 0.5) is 14.5 Å². The van der Waals surface area contributed by atoms with Crippen molar-refractivity contribution in [2.24, 2.45) is 0 Å². The third kappa shape index (κ3) is 2.36. The van der Waals surface area contributed by atoms with E-state index in [2.05, 4.69) is 4.98 Å². The fourth-order valence-electron chi connectivity index (χ4n) is 2.04. The average molecular weight is 306 g/mol. The summed E-state index contributed by atoms with van der Waals surface area (Å²) in [5.41, 5.74) is 1.58. The van der Waals surface area contributed by atoms with Crippen molar-refractivity contribution >= 4 is 27.2 Å². The van der Waals surface area contributed by atoms with E-state index in [0.29, 0.717) is 26.4 Å². The number of hydrogen-bond donors (Lipinski definition) is 0. The molecule has 0 fully saturated rings. The highest BCUT2D eigenvalue weighted by Gasteiger charge is 2.14. The molecule has 1 aromatic heterocycles. The molecule has 0 unspecified atom stereocenters. The summed E-state index contributed by atoms with van der Waals surface area (Å²) in [6.45, 7) is 1.63. The van der Waals surface area contributed by atoms with Crippen molar-refractivity contribution in [3.8, 4) is 10.6 Å². The summed E-state index contributed by atoms with van der Waals surface area (Å²) in [6, 6.07) is 6.77. The third-order valence-corrected chi connectivity index (χ3v) is 4.14. The van der Waals surface area contributed by atoms with Crippen molar-refractivity contribution in [2.75, 3.05) is 0 Å². The van der Waals surface area contributed by atoms with Gasteiger partial charge in [-0.1, -0.05) is 0 Å². The highest BCUT2D eigenvalue weighted by atomic mass is 32.1. The topological polar surface area (TPSA) is 56.0 Å². The minimum Gasteiger partial charge on any atom is -0.258 e. The zero-order valence-corrected chi connectivity index (χ0v) is 11.6. The first-order valence-corrected chi connectivity index (χ1v) is 6.78. The maximum absolute atomic E-state index is 13.2. The van der Waals surface area contributed by atoms with Crippen LogP contribution < -0.4 is 0 Å². The number of halogens is 2. The second kappa shape index (κ2) is 4.85. The second-order valence-electron chi connectivity index (χ2n) is 4.51. The molecular weight excluding hydrogens is 298 g/mol. The normalized spacial score (nSPS) is 11.0. The first kappa shape index (κ1) is 13.6. The van der Waals surface area contributed by atoms with Crippen molar-refractivity contribution in [1.29, 1.82) is 0 Å². The van der Waals surface area contributed by atoms with Crippen LogP contribution in [0, 0.1) is 28.7 Å². The summed E-state index contributed by atoms with van der Waals surface area (Å²) in [5.74, 6) is -1.86. The highest BCUT2D eigenvalue weighted by molar-refractivity contribution is 7.21. The molecule has 0 aliphatic rings. The van der Waals surface area contributed by atoms with Gasteiger partial charge in [0.05, 0.1) is 15.1 Å². The number of rotatable bonds is 2.